The quantitative estimate of drug-likeness (QED) is 0.690. The summed E-state index contributed by atoms with van der Waals surface area (Å²) in [7, 11) is 0. The number of nitrogens with one attached hydrogen (secondary N) is 1. The van der Waals surface area contributed by atoms with Crippen molar-refractivity contribution in [3.8, 4) is 0 Å². The van der Waals surface area contributed by atoms with Crippen LogP contribution in [0.25, 0.3) is 0 Å². The van der Waals surface area contributed by atoms with Crippen molar-refractivity contribution in [3.05, 3.63) is 0 Å². The number of carbonyl (C=O) groups excluding carboxylic acids is 1. The molecule has 6 atom stereocenters. The zero-order valence-electron chi connectivity index (χ0n) is 10.8. The fourth-order valence-electron chi connectivity index (χ4n) is 4.33. The van der Waals surface area contributed by atoms with Gasteiger partial charge in [0, 0.05) is 18.5 Å². The maximum atomic E-state index is 12.2. The average molecular weight is 252 g/mol. The van der Waals surface area contributed by atoms with E-state index in [0.717, 1.165) is 25.7 Å². The topological polar surface area (TPSA) is 75.4 Å². The molecule has 4 heteroatoms. The van der Waals surface area contributed by atoms with E-state index in [1.807, 2.05) is 0 Å². The molecule has 3 aliphatic rings. The highest BCUT2D eigenvalue weighted by molar-refractivity contribution is 5.80. The lowest BCUT2D eigenvalue weighted by atomic mass is 9.84. The van der Waals surface area contributed by atoms with Crippen LogP contribution in [0.15, 0.2) is 0 Å². The molecular formula is C14H24N2O2. The average Bonchev–Trinajstić information content (AvgIpc) is 3.02. The van der Waals surface area contributed by atoms with Gasteiger partial charge in [-0.2, -0.15) is 0 Å². The summed E-state index contributed by atoms with van der Waals surface area (Å²) in [5.74, 6) is 1.50. The lowest BCUT2D eigenvalue weighted by Gasteiger charge is -2.27. The minimum absolute atomic E-state index is 0.0299. The number of amides is 1. The van der Waals surface area contributed by atoms with Crippen molar-refractivity contribution in [2.24, 2.45) is 29.4 Å². The fourth-order valence-corrected chi connectivity index (χ4v) is 4.33. The van der Waals surface area contributed by atoms with Gasteiger partial charge in [0.2, 0.25) is 5.91 Å². The van der Waals surface area contributed by atoms with Crippen LogP contribution in [-0.4, -0.2) is 29.7 Å². The molecule has 0 saturated heterocycles. The highest BCUT2D eigenvalue weighted by Crippen LogP contribution is 2.47. The maximum absolute atomic E-state index is 12.2. The van der Waals surface area contributed by atoms with Crippen molar-refractivity contribution in [2.75, 3.05) is 6.54 Å². The summed E-state index contributed by atoms with van der Waals surface area (Å²) in [5, 5.41) is 12.8. The summed E-state index contributed by atoms with van der Waals surface area (Å²) >= 11 is 0. The normalized spacial score (nSPS) is 46.6. The number of aliphatic hydroxyl groups excluding tert-OH is 1. The Morgan fingerprint density at radius 2 is 2.00 bits per heavy atom. The zero-order chi connectivity index (χ0) is 12.7. The van der Waals surface area contributed by atoms with E-state index in [1.54, 1.807) is 0 Å². The van der Waals surface area contributed by atoms with Gasteiger partial charge in [-0.05, 0) is 43.9 Å². The van der Waals surface area contributed by atoms with Crippen LogP contribution in [0.1, 0.15) is 38.5 Å². The molecule has 6 unspecified atom stereocenters. The molecule has 0 aromatic rings. The summed E-state index contributed by atoms with van der Waals surface area (Å²) in [6, 6.07) is 0.0669. The highest BCUT2D eigenvalue weighted by atomic mass is 16.3. The molecule has 1 amide bonds. The molecule has 4 nitrogen and oxygen atoms in total. The second kappa shape index (κ2) is 4.82. The van der Waals surface area contributed by atoms with E-state index in [2.05, 4.69) is 5.32 Å². The van der Waals surface area contributed by atoms with Gasteiger partial charge in [0.05, 0.1) is 12.0 Å². The van der Waals surface area contributed by atoms with Crippen molar-refractivity contribution in [2.45, 2.75) is 50.7 Å². The summed E-state index contributed by atoms with van der Waals surface area (Å²) in [6.45, 7) is 0.626. The van der Waals surface area contributed by atoms with Crippen LogP contribution in [0.3, 0.4) is 0 Å². The molecule has 3 rings (SSSR count). The number of aliphatic hydroxyl groups is 1. The van der Waals surface area contributed by atoms with Gasteiger partial charge in [-0.1, -0.05) is 6.42 Å². The van der Waals surface area contributed by atoms with E-state index < -0.39 is 0 Å². The van der Waals surface area contributed by atoms with Crippen LogP contribution in [0.5, 0.6) is 0 Å². The summed E-state index contributed by atoms with van der Waals surface area (Å²) in [6.07, 6.45) is 6.29. The van der Waals surface area contributed by atoms with Gasteiger partial charge >= 0.3 is 0 Å². The Morgan fingerprint density at radius 3 is 2.61 bits per heavy atom. The summed E-state index contributed by atoms with van der Waals surface area (Å²) in [5.41, 5.74) is 6.17. The van der Waals surface area contributed by atoms with Gasteiger partial charge in [0.15, 0.2) is 0 Å². The van der Waals surface area contributed by atoms with E-state index in [0.29, 0.717) is 18.4 Å². The van der Waals surface area contributed by atoms with Crippen molar-refractivity contribution in [3.63, 3.8) is 0 Å². The van der Waals surface area contributed by atoms with Gasteiger partial charge in [0.1, 0.15) is 0 Å². The van der Waals surface area contributed by atoms with E-state index >= 15 is 0 Å². The largest absolute Gasteiger partial charge is 0.393 e. The zero-order valence-corrected chi connectivity index (χ0v) is 10.8. The molecule has 0 radical (unpaired) electrons. The molecular weight excluding hydrogens is 228 g/mol. The number of hydrogen-bond donors (Lipinski definition) is 3. The standard InChI is InChI=1S/C14H24N2O2/c15-13-9-5-4-8(6-9)12(13)14(18)16-7-10-2-1-3-11(10)17/h8-13,17H,1-7,15H2,(H,16,18). The first-order valence-corrected chi connectivity index (χ1v) is 7.38. The molecule has 0 aliphatic heterocycles. The lowest BCUT2D eigenvalue weighted by Crippen LogP contribution is -2.46. The van der Waals surface area contributed by atoms with Gasteiger partial charge in [0.25, 0.3) is 0 Å². The molecule has 3 fully saturated rings. The minimum Gasteiger partial charge on any atom is -0.393 e. The van der Waals surface area contributed by atoms with E-state index in [9.17, 15) is 9.90 Å². The van der Waals surface area contributed by atoms with Crippen LogP contribution in [-0.2, 0) is 4.79 Å². The van der Waals surface area contributed by atoms with Crippen molar-refractivity contribution < 1.29 is 9.90 Å². The molecule has 0 heterocycles. The first-order chi connectivity index (χ1) is 8.66. The van der Waals surface area contributed by atoms with Crippen molar-refractivity contribution in [1.29, 1.82) is 0 Å². The number of carbonyl (C=O) groups is 1. The maximum Gasteiger partial charge on any atom is 0.224 e. The summed E-state index contributed by atoms with van der Waals surface area (Å²) in [4.78, 5) is 12.2. The molecule has 2 bridgehead atoms. The molecule has 0 aromatic heterocycles. The number of nitrogens with two attached hydrogens (primary N) is 1. The Hall–Kier alpha value is -0.610. The van der Waals surface area contributed by atoms with Gasteiger partial charge in [-0.25, -0.2) is 0 Å². The molecule has 0 spiro atoms. The SMILES string of the molecule is NC1C2CCC(C2)C1C(=O)NCC1CCCC1O. The van der Waals surface area contributed by atoms with E-state index in [4.69, 9.17) is 5.73 Å². The number of fused-ring (bicyclic) bond motifs is 2. The van der Waals surface area contributed by atoms with Crippen LogP contribution >= 0.6 is 0 Å². The second-order valence-corrected chi connectivity index (χ2v) is 6.44. The van der Waals surface area contributed by atoms with Gasteiger partial charge in [-0.15, -0.1) is 0 Å². The minimum atomic E-state index is -0.223. The third-order valence-electron chi connectivity index (χ3n) is 5.44. The third-order valence-corrected chi connectivity index (χ3v) is 5.44. The predicted octanol–water partition coefficient (Wildman–Crippen LogP) is 0.637. The fraction of sp³-hybridized carbons (Fsp3) is 0.929. The Labute approximate surface area is 108 Å². The highest BCUT2D eigenvalue weighted by Gasteiger charge is 2.49. The van der Waals surface area contributed by atoms with Gasteiger partial charge in [-0.3, -0.25) is 4.79 Å². The molecule has 18 heavy (non-hydrogen) atoms. The second-order valence-electron chi connectivity index (χ2n) is 6.44. The predicted molar refractivity (Wildman–Crippen MR) is 68.7 cm³/mol. The number of rotatable bonds is 3. The third kappa shape index (κ3) is 2.05. The molecule has 3 aliphatic carbocycles. The first-order valence-electron chi connectivity index (χ1n) is 7.38. The number of hydrogen-bond acceptors (Lipinski definition) is 3. The smallest absolute Gasteiger partial charge is 0.224 e. The van der Waals surface area contributed by atoms with Crippen LogP contribution in [0, 0.1) is 23.7 Å². The summed E-state index contributed by atoms with van der Waals surface area (Å²) < 4.78 is 0. The lowest BCUT2D eigenvalue weighted by molar-refractivity contribution is -0.127. The Balaban J connectivity index is 1.52. The van der Waals surface area contributed by atoms with Crippen LogP contribution in [0.4, 0.5) is 0 Å². The molecule has 0 aromatic carbocycles. The Bertz CT molecular complexity index is 332. The molecule has 102 valence electrons. The Morgan fingerprint density at radius 1 is 1.22 bits per heavy atom. The van der Waals surface area contributed by atoms with Crippen LogP contribution < -0.4 is 11.1 Å². The van der Waals surface area contributed by atoms with Crippen molar-refractivity contribution in [1.82, 2.24) is 5.32 Å². The molecule has 4 N–H and O–H groups in total. The van der Waals surface area contributed by atoms with Crippen LogP contribution in [0.2, 0.25) is 0 Å². The molecule has 3 saturated carbocycles. The monoisotopic (exact) mass is 252 g/mol. The first kappa shape index (κ1) is 12.4. The van der Waals surface area contributed by atoms with E-state index in [-0.39, 0.29) is 29.9 Å². The van der Waals surface area contributed by atoms with E-state index in [1.165, 1.54) is 12.8 Å². The van der Waals surface area contributed by atoms with Gasteiger partial charge < -0.3 is 16.2 Å². The van der Waals surface area contributed by atoms with Crippen molar-refractivity contribution >= 4 is 5.91 Å². The Kier molecular flexibility index (Phi) is 3.32.